The molecule has 0 aliphatic rings. The lowest BCUT2D eigenvalue weighted by Gasteiger charge is -2.16. The maximum Gasteiger partial charge on any atom is 0.160 e. The van der Waals surface area contributed by atoms with Crippen LogP contribution in [0.4, 0.5) is 0 Å². The summed E-state index contributed by atoms with van der Waals surface area (Å²) in [4.78, 5) is 20.7. The average molecular weight is 919 g/mol. The van der Waals surface area contributed by atoms with E-state index in [1.165, 1.54) is 0 Å². The second-order valence-corrected chi connectivity index (χ2v) is 17.7. The summed E-state index contributed by atoms with van der Waals surface area (Å²) < 4.78 is 0. The van der Waals surface area contributed by atoms with Crippen molar-refractivity contribution in [3.8, 4) is 123 Å². The predicted octanol–water partition coefficient (Wildman–Crippen LogP) is 17.6. The summed E-state index contributed by atoms with van der Waals surface area (Å²) in [6.07, 6.45) is 0. The maximum atomic E-state index is 5.17. The normalized spacial score (nSPS) is 11.1. The van der Waals surface area contributed by atoms with Gasteiger partial charge in [0.2, 0.25) is 0 Å². The van der Waals surface area contributed by atoms with Gasteiger partial charge in [0.15, 0.2) is 11.6 Å². The van der Waals surface area contributed by atoms with E-state index in [0.717, 1.165) is 112 Å². The predicted molar refractivity (Wildman–Crippen MR) is 297 cm³/mol. The SMILES string of the molecule is c1ccc(-c2nc(-c3ccc(-c4ccccc4-c4ccccc4-c4ccc(-c5cc(-c6ccccc6-c6ccccc6)nc(-c6ccccc6)n5)cc4)cc3)cc(-c3ccccc3-c3ccccc3)n2)cc1. The molecule has 4 heteroatoms. The maximum absolute atomic E-state index is 5.17. The molecule has 338 valence electrons. The fraction of sp³-hybridized carbons (Fsp3) is 0. The number of aromatic nitrogens is 4. The summed E-state index contributed by atoms with van der Waals surface area (Å²) in [5.74, 6) is 1.38. The molecular formula is C68H46N4. The molecular weight excluding hydrogens is 873 g/mol. The Labute approximate surface area is 420 Å². The molecule has 12 rings (SSSR count). The minimum absolute atomic E-state index is 0.688. The van der Waals surface area contributed by atoms with E-state index < -0.39 is 0 Å². The van der Waals surface area contributed by atoms with Crippen LogP contribution in [0.15, 0.2) is 279 Å². The van der Waals surface area contributed by atoms with E-state index in [9.17, 15) is 0 Å². The molecule has 0 atom stereocenters. The fourth-order valence-corrected chi connectivity index (χ4v) is 9.63. The van der Waals surface area contributed by atoms with E-state index in [4.69, 9.17) is 19.9 Å². The van der Waals surface area contributed by atoms with Crippen LogP contribution in [0.2, 0.25) is 0 Å². The average Bonchev–Trinajstić information content (AvgIpc) is 3.48. The van der Waals surface area contributed by atoms with Gasteiger partial charge in [0, 0.05) is 33.4 Å². The first-order valence-electron chi connectivity index (χ1n) is 24.3. The second kappa shape index (κ2) is 19.8. The molecule has 0 N–H and O–H groups in total. The number of hydrogen-bond acceptors (Lipinski definition) is 4. The summed E-state index contributed by atoms with van der Waals surface area (Å²) in [6, 6.07) is 97.6. The molecule has 10 aromatic carbocycles. The molecule has 72 heavy (non-hydrogen) atoms. The number of benzene rings is 10. The fourth-order valence-electron chi connectivity index (χ4n) is 9.63. The highest BCUT2D eigenvalue weighted by atomic mass is 14.9. The zero-order chi connectivity index (χ0) is 48.1. The van der Waals surface area contributed by atoms with Crippen molar-refractivity contribution < 1.29 is 0 Å². The molecule has 0 radical (unpaired) electrons. The molecule has 4 nitrogen and oxygen atoms in total. The van der Waals surface area contributed by atoms with E-state index in [0.29, 0.717) is 11.6 Å². The van der Waals surface area contributed by atoms with Gasteiger partial charge in [-0.15, -0.1) is 0 Å². The Morgan fingerprint density at radius 1 is 0.153 bits per heavy atom. The van der Waals surface area contributed by atoms with Crippen molar-refractivity contribution in [2.45, 2.75) is 0 Å². The minimum Gasteiger partial charge on any atom is -0.228 e. The molecule has 12 aromatic rings. The van der Waals surface area contributed by atoms with Crippen LogP contribution in [0.3, 0.4) is 0 Å². The van der Waals surface area contributed by atoms with Crippen molar-refractivity contribution >= 4 is 0 Å². The third kappa shape index (κ3) is 8.93. The van der Waals surface area contributed by atoms with Gasteiger partial charge in [-0.3, -0.25) is 0 Å². The molecule has 0 saturated carbocycles. The second-order valence-electron chi connectivity index (χ2n) is 17.7. The zero-order valence-corrected chi connectivity index (χ0v) is 39.3. The van der Waals surface area contributed by atoms with Gasteiger partial charge < -0.3 is 0 Å². The van der Waals surface area contributed by atoms with Gasteiger partial charge in [0.25, 0.3) is 0 Å². The quantitative estimate of drug-likeness (QED) is 0.130. The molecule has 0 amide bonds. The highest BCUT2D eigenvalue weighted by Gasteiger charge is 2.18. The van der Waals surface area contributed by atoms with Crippen LogP contribution < -0.4 is 0 Å². The lowest BCUT2D eigenvalue weighted by molar-refractivity contribution is 1.18. The Hall–Kier alpha value is -9.64. The third-order valence-electron chi connectivity index (χ3n) is 13.2. The summed E-state index contributed by atoms with van der Waals surface area (Å²) in [6.45, 7) is 0. The Morgan fingerprint density at radius 2 is 0.375 bits per heavy atom. The molecule has 0 aliphatic heterocycles. The van der Waals surface area contributed by atoms with Crippen LogP contribution in [0, 0.1) is 0 Å². The number of hydrogen-bond donors (Lipinski definition) is 0. The zero-order valence-electron chi connectivity index (χ0n) is 39.3. The highest BCUT2D eigenvalue weighted by molar-refractivity contribution is 5.93. The summed E-state index contributed by atoms with van der Waals surface area (Å²) in [5, 5.41) is 0. The molecule has 0 fully saturated rings. The van der Waals surface area contributed by atoms with Crippen LogP contribution in [0.5, 0.6) is 0 Å². The lowest BCUT2D eigenvalue weighted by atomic mass is 9.89. The van der Waals surface area contributed by atoms with Crippen molar-refractivity contribution in [1.82, 2.24) is 19.9 Å². The van der Waals surface area contributed by atoms with E-state index in [-0.39, 0.29) is 0 Å². The van der Waals surface area contributed by atoms with Gasteiger partial charge in [0.1, 0.15) is 0 Å². The van der Waals surface area contributed by atoms with E-state index in [1.807, 2.05) is 48.5 Å². The van der Waals surface area contributed by atoms with Crippen LogP contribution in [-0.4, -0.2) is 19.9 Å². The Balaban J connectivity index is 0.886. The summed E-state index contributed by atoms with van der Waals surface area (Å²) in [5.41, 5.74) is 21.0. The summed E-state index contributed by atoms with van der Waals surface area (Å²) in [7, 11) is 0. The van der Waals surface area contributed by atoms with Crippen LogP contribution >= 0.6 is 0 Å². The number of rotatable bonds is 11. The molecule has 2 aromatic heterocycles. The number of nitrogens with zero attached hydrogens (tertiary/aromatic N) is 4. The first kappa shape index (κ1) is 43.6. The Bertz CT molecular complexity index is 3560. The monoisotopic (exact) mass is 918 g/mol. The lowest BCUT2D eigenvalue weighted by Crippen LogP contribution is -1.97. The van der Waals surface area contributed by atoms with Gasteiger partial charge in [-0.2, -0.15) is 0 Å². The van der Waals surface area contributed by atoms with Crippen molar-refractivity contribution in [2.24, 2.45) is 0 Å². The third-order valence-corrected chi connectivity index (χ3v) is 13.2. The molecule has 0 unspecified atom stereocenters. The van der Waals surface area contributed by atoms with Crippen LogP contribution in [-0.2, 0) is 0 Å². The topological polar surface area (TPSA) is 51.6 Å². The largest absolute Gasteiger partial charge is 0.228 e. The molecule has 2 heterocycles. The minimum atomic E-state index is 0.688. The highest BCUT2D eigenvalue weighted by Crippen LogP contribution is 2.41. The first-order chi connectivity index (χ1) is 35.7. The molecule has 0 bridgehead atoms. The standard InChI is InChI=1S/C68H46N4/c1-5-21-47(22-6-1)57-31-15-19-35-61(57)65-45-63(69-67(71-65)53-25-9-3-10-26-53)51-41-37-49(38-42-51)55-29-13-17-33-59(55)60-34-18-14-30-56(60)50-39-43-52(44-40-50)64-46-66(72-68(70-64)54-27-11-4-12-28-54)62-36-20-16-32-58(62)48-23-7-2-8-24-48/h1-46H. The van der Waals surface area contributed by atoms with Crippen molar-refractivity contribution in [3.05, 3.63) is 279 Å². The summed E-state index contributed by atoms with van der Waals surface area (Å²) >= 11 is 0. The Kier molecular flexibility index (Phi) is 12.0. The Morgan fingerprint density at radius 3 is 0.708 bits per heavy atom. The van der Waals surface area contributed by atoms with E-state index in [1.54, 1.807) is 0 Å². The van der Waals surface area contributed by atoms with Crippen molar-refractivity contribution in [3.63, 3.8) is 0 Å². The first-order valence-corrected chi connectivity index (χ1v) is 24.3. The van der Waals surface area contributed by atoms with Gasteiger partial charge in [-0.25, -0.2) is 19.9 Å². The van der Waals surface area contributed by atoms with E-state index in [2.05, 4.69) is 231 Å². The van der Waals surface area contributed by atoms with Gasteiger partial charge >= 0.3 is 0 Å². The smallest absolute Gasteiger partial charge is 0.160 e. The molecule has 0 spiro atoms. The van der Waals surface area contributed by atoms with E-state index >= 15 is 0 Å². The van der Waals surface area contributed by atoms with Crippen molar-refractivity contribution in [2.75, 3.05) is 0 Å². The van der Waals surface area contributed by atoms with Gasteiger partial charge in [-0.05, 0) is 67.8 Å². The van der Waals surface area contributed by atoms with Crippen LogP contribution in [0.1, 0.15) is 0 Å². The van der Waals surface area contributed by atoms with Crippen LogP contribution in [0.25, 0.3) is 123 Å². The van der Waals surface area contributed by atoms with Crippen molar-refractivity contribution in [1.29, 1.82) is 0 Å². The van der Waals surface area contributed by atoms with Gasteiger partial charge in [-0.1, -0.05) is 267 Å². The van der Waals surface area contributed by atoms with Gasteiger partial charge in [0.05, 0.1) is 22.8 Å². The molecule has 0 saturated heterocycles. The molecule has 0 aliphatic carbocycles.